The number of sulfonamides is 1. The Kier molecular flexibility index (Phi) is 4.91. The normalized spacial score (nSPS) is 11.9. The molecule has 1 aromatic rings. The molecule has 0 spiro atoms. The molecule has 0 aliphatic rings. The van der Waals surface area contributed by atoms with E-state index >= 15 is 0 Å². The number of aryl methyl sites for hydroxylation is 1. The van der Waals surface area contributed by atoms with Crippen LogP contribution < -0.4 is 10.0 Å². The highest BCUT2D eigenvalue weighted by Gasteiger charge is 2.10. The van der Waals surface area contributed by atoms with Crippen molar-refractivity contribution in [3.63, 3.8) is 0 Å². The first-order chi connectivity index (χ1) is 7.53. The molecule has 2 N–H and O–H groups in total. The van der Waals surface area contributed by atoms with Crippen molar-refractivity contribution >= 4 is 10.0 Å². The second-order valence-electron chi connectivity index (χ2n) is 3.43. The SMILES string of the molecule is CCNCCS(=O)(=O)NCc1cc(C)no1. The van der Waals surface area contributed by atoms with Gasteiger partial charge in [0.2, 0.25) is 10.0 Å². The van der Waals surface area contributed by atoms with Crippen molar-refractivity contribution in [1.82, 2.24) is 15.2 Å². The van der Waals surface area contributed by atoms with Crippen LogP contribution in [0.2, 0.25) is 0 Å². The Bertz CT molecular complexity index is 413. The molecule has 1 aromatic heterocycles. The maximum absolute atomic E-state index is 11.5. The molecule has 0 fully saturated rings. The Morgan fingerprint density at radius 1 is 1.50 bits per heavy atom. The Labute approximate surface area is 95.4 Å². The van der Waals surface area contributed by atoms with Crippen LogP contribution in [0.25, 0.3) is 0 Å². The van der Waals surface area contributed by atoms with Gasteiger partial charge in [0.1, 0.15) is 0 Å². The quantitative estimate of drug-likeness (QED) is 0.663. The molecule has 1 heterocycles. The maximum atomic E-state index is 11.5. The molecule has 0 amide bonds. The summed E-state index contributed by atoms with van der Waals surface area (Å²) in [6.07, 6.45) is 0. The van der Waals surface area contributed by atoms with Gasteiger partial charge in [0.25, 0.3) is 0 Å². The van der Waals surface area contributed by atoms with Crippen molar-refractivity contribution in [3.8, 4) is 0 Å². The van der Waals surface area contributed by atoms with Crippen molar-refractivity contribution in [1.29, 1.82) is 0 Å². The molecule has 6 nitrogen and oxygen atoms in total. The Balaban J connectivity index is 2.36. The van der Waals surface area contributed by atoms with Crippen LogP contribution in [0.4, 0.5) is 0 Å². The Hall–Kier alpha value is -0.920. The highest BCUT2D eigenvalue weighted by atomic mass is 32.2. The van der Waals surface area contributed by atoms with Gasteiger partial charge in [-0.05, 0) is 13.5 Å². The van der Waals surface area contributed by atoms with E-state index in [1.807, 2.05) is 6.92 Å². The van der Waals surface area contributed by atoms with E-state index in [1.54, 1.807) is 13.0 Å². The summed E-state index contributed by atoms with van der Waals surface area (Å²) in [5, 5.41) is 6.62. The van der Waals surface area contributed by atoms with E-state index in [9.17, 15) is 8.42 Å². The fraction of sp³-hybridized carbons (Fsp3) is 0.667. The molecule has 7 heteroatoms. The summed E-state index contributed by atoms with van der Waals surface area (Å²) in [4.78, 5) is 0. The second-order valence-corrected chi connectivity index (χ2v) is 5.35. The largest absolute Gasteiger partial charge is 0.360 e. The predicted molar refractivity (Wildman–Crippen MR) is 60.4 cm³/mol. The molecule has 0 unspecified atom stereocenters. The molecule has 0 aliphatic carbocycles. The minimum Gasteiger partial charge on any atom is -0.360 e. The molecular formula is C9H17N3O3S. The van der Waals surface area contributed by atoms with E-state index in [4.69, 9.17) is 4.52 Å². The monoisotopic (exact) mass is 247 g/mol. The first-order valence-corrected chi connectivity index (χ1v) is 6.79. The van der Waals surface area contributed by atoms with E-state index in [0.29, 0.717) is 12.3 Å². The van der Waals surface area contributed by atoms with Gasteiger partial charge in [-0.1, -0.05) is 12.1 Å². The number of hydrogen-bond acceptors (Lipinski definition) is 5. The van der Waals surface area contributed by atoms with E-state index in [2.05, 4.69) is 15.2 Å². The molecule has 0 bridgehead atoms. The number of nitrogens with one attached hydrogen (secondary N) is 2. The second kappa shape index (κ2) is 5.97. The van der Waals surface area contributed by atoms with Crippen LogP contribution in [0.3, 0.4) is 0 Å². The van der Waals surface area contributed by atoms with Gasteiger partial charge in [-0.2, -0.15) is 0 Å². The summed E-state index contributed by atoms with van der Waals surface area (Å²) in [6.45, 7) is 5.07. The smallest absolute Gasteiger partial charge is 0.213 e. The summed E-state index contributed by atoms with van der Waals surface area (Å²) in [5.41, 5.74) is 0.738. The van der Waals surface area contributed by atoms with Crippen LogP contribution >= 0.6 is 0 Å². The molecule has 0 saturated heterocycles. The standard InChI is InChI=1S/C9H17N3O3S/c1-3-10-4-5-16(13,14)11-7-9-6-8(2)12-15-9/h6,10-11H,3-5,7H2,1-2H3. The zero-order valence-electron chi connectivity index (χ0n) is 9.49. The highest BCUT2D eigenvalue weighted by molar-refractivity contribution is 7.89. The van der Waals surface area contributed by atoms with Crippen molar-refractivity contribution in [2.45, 2.75) is 20.4 Å². The lowest BCUT2D eigenvalue weighted by atomic mass is 10.4. The summed E-state index contributed by atoms with van der Waals surface area (Å²) < 4.78 is 30.3. The minimum absolute atomic E-state index is 0.0635. The number of aromatic nitrogens is 1. The lowest BCUT2D eigenvalue weighted by molar-refractivity contribution is 0.377. The molecule has 92 valence electrons. The van der Waals surface area contributed by atoms with Gasteiger partial charge in [-0.15, -0.1) is 0 Å². The van der Waals surface area contributed by atoms with Crippen LogP contribution in [0, 0.1) is 6.92 Å². The lowest BCUT2D eigenvalue weighted by Gasteiger charge is -2.04. The van der Waals surface area contributed by atoms with Crippen molar-refractivity contribution in [2.75, 3.05) is 18.8 Å². The number of hydrogen-bond donors (Lipinski definition) is 2. The van der Waals surface area contributed by atoms with Gasteiger partial charge in [-0.3, -0.25) is 0 Å². The van der Waals surface area contributed by atoms with Crippen LogP contribution in [0.15, 0.2) is 10.6 Å². The van der Waals surface area contributed by atoms with Crippen molar-refractivity contribution in [2.24, 2.45) is 0 Å². The van der Waals surface area contributed by atoms with Crippen LogP contribution in [-0.4, -0.2) is 32.4 Å². The Morgan fingerprint density at radius 3 is 2.81 bits per heavy atom. The first kappa shape index (κ1) is 13.1. The number of nitrogens with zero attached hydrogens (tertiary/aromatic N) is 1. The van der Waals surface area contributed by atoms with Crippen molar-refractivity contribution in [3.05, 3.63) is 17.5 Å². The van der Waals surface area contributed by atoms with E-state index < -0.39 is 10.0 Å². The fourth-order valence-corrected chi connectivity index (χ4v) is 2.06. The van der Waals surface area contributed by atoms with E-state index in [1.165, 1.54) is 0 Å². The van der Waals surface area contributed by atoms with Crippen LogP contribution in [0.1, 0.15) is 18.4 Å². The average molecular weight is 247 g/mol. The molecule has 0 atom stereocenters. The van der Waals surface area contributed by atoms with E-state index in [-0.39, 0.29) is 12.3 Å². The van der Waals surface area contributed by atoms with Gasteiger partial charge in [0.15, 0.2) is 5.76 Å². The van der Waals surface area contributed by atoms with Gasteiger partial charge in [0, 0.05) is 12.6 Å². The van der Waals surface area contributed by atoms with E-state index in [0.717, 1.165) is 12.2 Å². The summed E-state index contributed by atoms with van der Waals surface area (Å²) in [5.74, 6) is 0.582. The third-order valence-corrected chi connectivity index (χ3v) is 3.27. The van der Waals surface area contributed by atoms with Gasteiger partial charge in [0.05, 0.1) is 18.0 Å². The molecule has 0 aliphatic heterocycles. The van der Waals surface area contributed by atoms with Crippen LogP contribution in [0.5, 0.6) is 0 Å². The lowest BCUT2D eigenvalue weighted by Crippen LogP contribution is -2.31. The molecule has 0 radical (unpaired) electrons. The average Bonchev–Trinajstić information content (AvgIpc) is 2.62. The molecule has 1 rings (SSSR count). The topological polar surface area (TPSA) is 84.2 Å². The van der Waals surface area contributed by atoms with Crippen molar-refractivity contribution < 1.29 is 12.9 Å². The van der Waals surface area contributed by atoms with Gasteiger partial charge >= 0.3 is 0 Å². The number of rotatable bonds is 7. The molecular weight excluding hydrogens is 230 g/mol. The molecule has 16 heavy (non-hydrogen) atoms. The van der Waals surface area contributed by atoms with Gasteiger partial charge in [-0.25, -0.2) is 13.1 Å². The maximum Gasteiger partial charge on any atom is 0.213 e. The zero-order chi connectivity index (χ0) is 12.0. The minimum atomic E-state index is -3.24. The van der Waals surface area contributed by atoms with Gasteiger partial charge < -0.3 is 9.84 Å². The summed E-state index contributed by atoms with van der Waals surface area (Å²) in [6, 6.07) is 1.70. The predicted octanol–water partition coefficient (Wildman–Crippen LogP) is 0.0119. The first-order valence-electron chi connectivity index (χ1n) is 5.14. The summed E-state index contributed by atoms with van der Waals surface area (Å²) >= 11 is 0. The third kappa shape index (κ3) is 4.73. The molecule has 0 saturated carbocycles. The molecule has 0 aromatic carbocycles. The Morgan fingerprint density at radius 2 is 2.25 bits per heavy atom. The summed E-state index contributed by atoms with van der Waals surface area (Å²) in [7, 11) is -3.24. The highest BCUT2D eigenvalue weighted by Crippen LogP contribution is 2.01. The zero-order valence-corrected chi connectivity index (χ0v) is 10.3. The third-order valence-electron chi connectivity index (χ3n) is 1.94. The van der Waals surface area contributed by atoms with Crippen LogP contribution in [-0.2, 0) is 16.6 Å². The fourth-order valence-electron chi connectivity index (χ4n) is 1.14.